The Hall–Kier alpha value is -1.78. The second-order valence-corrected chi connectivity index (χ2v) is 2.54. The lowest BCUT2D eigenvalue weighted by Gasteiger charge is -2.03. The normalized spacial score (nSPS) is 9.57. The highest BCUT2D eigenvalue weighted by molar-refractivity contribution is 5.98. The van der Waals surface area contributed by atoms with E-state index >= 15 is 0 Å². The summed E-state index contributed by atoms with van der Waals surface area (Å²) in [6.45, 7) is 0. The van der Waals surface area contributed by atoms with E-state index in [0.29, 0.717) is 6.29 Å². The number of nitrogens with one attached hydrogen (secondary N) is 1. The smallest absolute Gasteiger partial charge is 0.231 e. The summed E-state index contributed by atoms with van der Waals surface area (Å²) in [6, 6.07) is 2.68. The van der Waals surface area contributed by atoms with Crippen LogP contribution in [0.4, 0.5) is 14.5 Å². The van der Waals surface area contributed by atoms with Gasteiger partial charge in [-0.1, -0.05) is 0 Å². The number of hydrogen-bond donors (Lipinski definition) is 1. The van der Waals surface area contributed by atoms with Crippen molar-refractivity contribution in [1.29, 1.82) is 0 Å². The number of anilines is 1. The van der Waals surface area contributed by atoms with Gasteiger partial charge >= 0.3 is 0 Å². The molecule has 0 saturated carbocycles. The van der Waals surface area contributed by atoms with Crippen molar-refractivity contribution < 1.29 is 18.4 Å². The van der Waals surface area contributed by atoms with E-state index in [0.717, 1.165) is 18.2 Å². The van der Waals surface area contributed by atoms with Crippen molar-refractivity contribution in [2.24, 2.45) is 0 Å². The predicted octanol–water partition coefficient (Wildman–Crippen LogP) is 1.49. The number of carbonyl (C=O) groups is 2. The van der Waals surface area contributed by atoms with E-state index in [1.807, 2.05) is 0 Å². The van der Waals surface area contributed by atoms with E-state index in [4.69, 9.17) is 0 Å². The molecule has 0 spiro atoms. The molecule has 0 aromatic heterocycles. The lowest BCUT2D eigenvalue weighted by atomic mass is 10.3. The highest BCUT2D eigenvalue weighted by atomic mass is 19.1. The summed E-state index contributed by atoms with van der Waals surface area (Å²) in [6.07, 6.45) is 0.00247. The Labute approximate surface area is 78.7 Å². The molecule has 0 aliphatic carbocycles. The summed E-state index contributed by atoms with van der Waals surface area (Å²) >= 11 is 0. The van der Waals surface area contributed by atoms with Gasteiger partial charge in [0.25, 0.3) is 0 Å². The minimum atomic E-state index is -0.745. The van der Waals surface area contributed by atoms with Crippen LogP contribution in [0.2, 0.25) is 0 Å². The number of hydrogen-bond acceptors (Lipinski definition) is 2. The lowest BCUT2D eigenvalue weighted by Crippen LogP contribution is -2.12. The monoisotopic (exact) mass is 199 g/mol. The second kappa shape index (κ2) is 4.45. The Morgan fingerprint density at radius 3 is 2.79 bits per heavy atom. The van der Waals surface area contributed by atoms with Crippen molar-refractivity contribution >= 4 is 17.9 Å². The van der Waals surface area contributed by atoms with Crippen molar-refractivity contribution in [3.63, 3.8) is 0 Å². The minimum absolute atomic E-state index is 0.267. The molecule has 3 nitrogen and oxygen atoms in total. The first-order chi connectivity index (χ1) is 6.63. The van der Waals surface area contributed by atoms with Crippen molar-refractivity contribution in [2.45, 2.75) is 6.42 Å². The molecule has 1 rings (SSSR count). The number of carbonyl (C=O) groups excluding carboxylic acids is 2. The topological polar surface area (TPSA) is 46.2 Å². The Bertz CT molecular complexity index is 366. The molecule has 0 unspecified atom stereocenters. The molecular weight excluding hydrogens is 192 g/mol. The Balaban J connectivity index is 2.80. The van der Waals surface area contributed by atoms with Crippen LogP contribution in [0.3, 0.4) is 0 Å². The standard InChI is InChI=1S/C9H7F2NO2/c10-6-1-2-7(11)8(5-6)12-9(14)3-4-13/h1-2,4-5H,3H2,(H,12,14). The van der Waals surface area contributed by atoms with Crippen LogP contribution in [0.1, 0.15) is 6.42 Å². The SMILES string of the molecule is O=CCC(=O)Nc1cc(F)ccc1F. The van der Waals surface area contributed by atoms with Crippen LogP contribution in [-0.4, -0.2) is 12.2 Å². The van der Waals surface area contributed by atoms with Gasteiger partial charge in [0.1, 0.15) is 17.9 Å². The molecule has 74 valence electrons. The molecule has 14 heavy (non-hydrogen) atoms. The lowest BCUT2D eigenvalue weighted by molar-refractivity contribution is -0.120. The first-order valence-electron chi connectivity index (χ1n) is 3.82. The van der Waals surface area contributed by atoms with Crippen molar-refractivity contribution in [2.75, 3.05) is 5.32 Å². The number of amides is 1. The van der Waals surface area contributed by atoms with Gasteiger partial charge in [0.2, 0.25) is 5.91 Å². The van der Waals surface area contributed by atoms with Crippen molar-refractivity contribution in [3.05, 3.63) is 29.8 Å². The summed E-state index contributed by atoms with van der Waals surface area (Å²) < 4.78 is 25.5. The molecule has 0 saturated heterocycles. The summed E-state index contributed by atoms with van der Waals surface area (Å²) in [5.41, 5.74) is -0.267. The molecule has 0 aliphatic rings. The molecule has 0 heterocycles. The third-order valence-electron chi connectivity index (χ3n) is 1.47. The van der Waals surface area contributed by atoms with Gasteiger partial charge in [-0.05, 0) is 12.1 Å². The first-order valence-corrected chi connectivity index (χ1v) is 3.82. The summed E-state index contributed by atoms with van der Waals surface area (Å²) in [5.74, 6) is -2.08. The molecule has 0 bridgehead atoms. The molecule has 1 aromatic rings. The van der Waals surface area contributed by atoms with Crippen LogP contribution in [0.15, 0.2) is 18.2 Å². The maximum atomic E-state index is 12.9. The fourth-order valence-corrected chi connectivity index (χ4v) is 0.870. The average Bonchev–Trinajstić information content (AvgIpc) is 2.12. The number of aldehydes is 1. The van der Waals surface area contributed by atoms with E-state index in [2.05, 4.69) is 5.32 Å². The zero-order valence-electron chi connectivity index (χ0n) is 7.09. The molecule has 0 fully saturated rings. The molecular formula is C9H7F2NO2. The number of benzene rings is 1. The zero-order chi connectivity index (χ0) is 10.6. The maximum absolute atomic E-state index is 12.9. The van der Waals surface area contributed by atoms with Crippen LogP contribution in [0.5, 0.6) is 0 Å². The van der Waals surface area contributed by atoms with Gasteiger partial charge in [0, 0.05) is 6.07 Å². The van der Waals surface area contributed by atoms with Crippen LogP contribution in [0, 0.1) is 11.6 Å². The van der Waals surface area contributed by atoms with E-state index in [1.165, 1.54) is 0 Å². The molecule has 5 heteroatoms. The first kappa shape index (κ1) is 10.3. The van der Waals surface area contributed by atoms with Gasteiger partial charge in [0.05, 0.1) is 12.1 Å². The van der Waals surface area contributed by atoms with E-state index in [1.54, 1.807) is 0 Å². The van der Waals surface area contributed by atoms with Crippen LogP contribution >= 0.6 is 0 Å². The maximum Gasteiger partial charge on any atom is 0.231 e. The van der Waals surface area contributed by atoms with Gasteiger partial charge in [-0.2, -0.15) is 0 Å². The summed E-state index contributed by atoms with van der Waals surface area (Å²) in [7, 11) is 0. The minimum Gasteiger partial charge on any atom is -0.323 e. The van der Waals surface area contributed by atoms with Gasteiger partial charge < -0.3 is 10.1 Å². The van der Waals surface area contributed by atoms with Crippen molar-refractivity contribution in [1.82, 2.24) is 0 Å². The number of halogens is 2. The molecule has 0 aliphatic heterocycles. The van der Waals surface area contributed by atoms with Gasteiger partial charge in [-0.25, -0.2) is 8.78 Å². The van der Waals surface area contributed by atoms with Crippen molar-refractivity contribution in [3.8, 4) is 0 Å². The molecule has 0 atom stereocenters. The fraction of sp³-hybridized carbons (Fsp3) is 0.111. The molecule has 1 amide bonds. The average molecular weight is 199 g/mol. The van der Waals surface area contributed by atoms with E-state index in [-0.39, 0.29) is 12.1 Å². The van der Waals surface area contributed by atoms with Gasteiger partial charge in [-0.15, -0.1) is 0 Å². The second-order valence-electron chi connectivity index (χ2n) is 2.54. The Morgan fingerprint density at radius 1 is 1.43 bits per heavy atom. The Morgan fingerprint density at radius 2 is 2.14 bits per heavy atom. The largest absolute Gasteiger partial charge is 0.323 e. The highest BCUT2D eigenvalue weighted by Crippen LogP contribution is 2.15. The summed E-state index contributed by atoms with van der Waals surface area (Å²) in [5, 5.41) is 2.07. The summed E-state index contributed by atoms with van der Waals surface area (Å²) in [4.78, 5) is 20.8. The van der Waals surface area contributed by atoms with E-state index in [9.17, 15) is 18.4 Å². The predicted molar refractivity (Wildman–Crippen MR) is 45.7 cm³/mol. The van der Waals surface area contributed by atoms with E-state index < -0.39 is 17.5 Å². The highest BCUT2D eigenvalue weighted by Gasteiger charge is 2.07. The molecule has 1 aromatic carbocycles. The quantitative estimate of drug-likeness (QED) is 0.592. The van der Waals surface area contributed by atoms with Gasteiger partial charge in [0.15, 0.2) is 0 Å². The van der Waals surface area contributed by atoms with Crippen LogP contribution in [0.25, 0.3) is 0 Å². The van der Waals surface area contributed by atoms with Crippen LogP contribution in [-0.2, 0) is 9.59 Å². The number of rotatable bonds is 3. The van der Waals surface area contributed by atoms with Gasteiger partial charge in [-0.3, -0.25) is 4.79 Å². The molecule has 1 N–H and O–H groups in total. The van der Waals surface area contributed by atoms with Crippen LogP contribution < -0.4 is 5.32 Å². The third kappa shape index (κ3) is 2.62. The zero-order valence-corrected chi connectivity index (χ0v) is 7.09. The fourth-order valence-electron chi connectivity index (χ4n) is 0.870. The Kier molecular flexibility index (Phi) is 3.28. The molecule has 0 radical (unpaired) electrons. The third-order valence-corrected chi connectivity index (χ3v) is 1.47.